The number of carbonyl (C=O) groups is 2. The highest BCUT2D eigenvalue weighted by Crippen LogP contribution is 1.85. The minimum absolute atomic E-state index is 0.500. The predicted octanol–water partition coefficient (Wildman–Crippen LogP) is -0.864. The Hall–Kier alpha value is -1.54. The fraction of sp³-hybridized carbons (Fsp3) is 0.800. The molecule has 0 heterocycles. The smallest absolute Gasteiger partial charge is 0.312 e. The molecule has 0 atom stereocenters. The van der Waals surface area contributed by atoms with E-state index in [0.29, 0.717) is 52.4 Å². The van der Waals surface area contributed by atoms with Gasteiger partial charge in [-0.05, 0) is 12.8 Å². The van der Waals surface area contributed by atoms with Gasteiger partial charge in [-0.3, -0.25) is 0 Å². The number of amides is 4. The Morgan fingerprint density at radius 3 is 1.50 bits per heavy atom. The first-order chi connectivity index (χ1) is 8.63. The topological polar surface area (TPSA) is 129 Å². The van der Waals surface area contributed by atoms with Crippen molar-refractivity contribution in [2.75, 3.05) is 39.5 Å². The highest BCUT2D eigenvalue weighted by atomic mass is 16.5. The molecule has 0 aromatic rings. The third-order valence-corrected chi connectivity index (χ3v) is 1.90. The van der Waals surface area contributed by atoms with E-state index < -0.39 is 12.1 Å². The molecule has 4 amide bonds. The van der Waals surface area contributed by atoms with Crippen molar-refractivity contribution in [3.8, 4) is 0 Å². The second-order valence-electron chi connectivity index (χ2n) is 3.51. The highest BCUT2D eigenvalue weighted by Gasteiger charge is 1.94. The maximum absolute atomic E-state index is 10.3. The van der Waals surface area contributed by atoms with E-state index in [-0.39, 0.29) is 0 Å². The number of carbonyl (C=O) groups excluding carboxylic acids is 2. The van der Waals surface area contributed by atoms with Crippen molar-refractivity contribution in [3.05, 3.63) is 0 Å². The zero-order valence-corrected chi connectivity index (χ0v) is 10.4. The number of urea groups is 2. The quantitative estimate of drug-likeness (QED) is 0.361. The molecule has 0 bridgehead atoms. The van der Waals surface area contributed by atoms with Crippen LogP contribution in [0, 0.1) is 0 Å². The van der Waals surface area contributed by atoms with Crippen molar-refractivity contribution in [3.63, 3.8) is 0 Å². The maximum Gasteiger partial charge on any atom is 0.312 e. The van der Waals surface area contributed by atoms with Gasteiger partial charge < -0.3 is 31.6 Å². The molecule has 0 saturated heterocycles. The molecule has 0 aliphatic carbocycles. The highest BCUT2D eigenvalue weighted by molar-refractivity contribution is 5.71. The Bertz CT molecular complexity index is 214. The summed E-state index contributed by atoms with van der Waals surface area (Å²) in [5.74, 6) is 0. The normalized spacial score (nSPS) is 10.0. The van der Waals surface area contributed by atoms with Crippen LogP contribution in [0.25, 0.3) is 0 Å². The molecule has 0 aromatic heterocycles. The standard InChI is InChI=1S/C10H22N4O4/c11-9(15)13-3-1-5-17-7-8-18-6-2-4-14-10(12)16/h1-8H2,(H3,11,13,15)(H3,12,14,16). The number of nitrogens with two attached hydrogens (primary N) is 2. The molecular formula is C10H22N4O4. The van der Waals surface area contributed by atoms with Crippen molar-refractivity contribution in [1.29, 1.82) is 0 Å². The molecule has 0 rings (SSSR count). The summed E-state index contributed by atoms with van der Waals surface area (Å²) in [5.41, 5.74) is 9.77. The van der Waals surface area contributed by atoms with Crippen LogP contribution < -0.4 is 22.1 Å². The lowest BCUT2D eigenvalue weighted by Gasteiger charge is -2.06. The Morgan fingerprint density at radius 1 is 0.778 bits per heavy atom. The summed E-state index contributed by atoms with van der Waals surface area (Å²) < 4.78 is 10.5. The number of hydrogen-bond acceptors (Lipinski definition) is 4. The first-order valence-electron chi connectivity index (χ1n) is 5.85. The van der Waals surface area contributed by atoms with Crippen molar-refractivity contribution in [2.45, 2.75) is 12.8 Å². The molecule has 8 nitrogen and oxygen atoms in total. The van der Waals surface area contributed by atoms with E-state index in [2.05, 4.69) is 10.6 Å². The minimum atomic E-state index is -0.525. The van der Waals surface area contributed by atoms with E-state index in [9.17, 15) is 9.59 Å². The zero-order chi connectivity index (χ0) is 13.6. The van der Waals surface area contributed by atoms with E-state index >= 15 is 0 Å². The van der Waals surface area contributed by atoms with Gasteiger partial charge in [-0.25, -0.2) is 9.59 Å². The summed E-state index contributed by atoms with van der Waals surface area (Å²) in [6, 6.07) is -1.05. The van der Waals surface area contributed by atoms with Crippen molar-refractivity contribution < 1.29 is 19.1 Å². The average molecular weight is 262 g/mol. The lowest BCUT2D eigenvalue weighted by Crippen LogP contribution is -2.30. The summed E-state index contributed by atoms with van der Waals surface area (Å²) in [7, 11) is 0. The third kappa shape index (κ3) is 14.5. The molecule has 0 spiro atoms. The first kappa shape index (κ1) is 16.5. The van der Waals surface area contributed by atoms with Crippen LogP contribution in [0.3, 0.4) is 0 Å². The van der Waals surface area contributed by atoms with Crippen LogP contribution in [0.4, 0.5) is 9.59 Å². The van der Waals surface area contributed by atoms with Gasteiger partial charge in [-0.15, -0.1) is 0 Å². The third-order valence-electron chi connectivity index (χ3n) is 1.90. The van der Waals surface area contributed by atoms with Gasteiger partial charge in [0.2, 0.25) is 0 Å². The van der Waals surface area contributed by atoms with Crippen LogP contribution in [-0.4, -0.2) is 51.6 Å². The van der Waals surface area contributed by atoms with Crippen LogP contribution in [0.5, 0.6) is 0 Å². The Balaban J connectivity index is 2.99. The molecule has 8 heteroatoms. The molecule has 0 unspecified atom stereocenters. The number of primary amides is 2. The summed E-state index contributed by atoms with van der Waals surface area (Å²) >= 11 is 0. The average Bonchev–Trinajstić information content (AvgIpc) is 2.29. The fourth-order valence-electron chi connectivity index (χ4n) is 1.09. The maximum atomic E-state index is 10.3. The van der Waals surface area contributed by atoms with Gasteiger partial charge in [0.1, 0.15) is 0 Å². The predicted molar refractivity (Wildman–Crippen MR) is 66.0 cm³/mol. The summed E-state index contributed by atoms with van der Waals surface area (Å²) in [6.45, 7) is 3.11. The molecule has 0 aliphatic rings. The minimum Gasteiger partial charge on any atom is -0.379 e. The Kier molecular flexibility index (Phi) is 10.9. The van der Waals surface area contributed by atoms with Gasteiger partial charge in [-0.1, -0.05) is 0 Å². The van der Waals surface area contributed by atoms with Crippen molar-refractivity contribution in [2.24, 2.45) is 11.5 Å². The SMILES string of the molecule is NC(=O)NCCCOCCOCCCNC(N)=O. The number of rotatable bonds is 11. The zero-order valence-electron chi connectivity index (χ0n) is 10.4. The molecule has 0 fully saturated rings. The van der Waals surface area contributed by atoms with E-state index in [0.717, 1.165) is 0 Å². The Morgan fingerprint density at radius 2 is 1.17 bits per heavy atom. The molecule has 0 aliphatic heterocycles. The van der Waals surface area contributed by atoms with E-state index in [1.165, 1.54) is 0 Å². The van der Waals surface area contributed by atoms with Gasteiger partial charge in [0.15, 0.2) is 0 Å². The fourth-order valence-corrected chi connectivity index (χ4v) is 1.09. The first-order valence-corrected chi connectivity index (χ1v) is 5.85. The van der Waals surface area contributed by atoms with Gasteiger partial charge in [0.25, 0.3) is 0 Å². The summed E-state index contributed by atoms with van der Waals surface area (Å²) in [6.07, 6.45) is 1.43. The number of nitrogens with one attached hydrogen (secondary N) is 2. The molecule has 0 saturated carbocycles. The molecular weight excluding hydrogens is 240 g/mol. The molecule has 106 valence electrons. The van der Waals surface area contributed by atoms with E-state index in [4.69, 9.17) is 20.9 Å². The Labute approximate surface area is 106 Å². The lowest BCUT2D eigenvalue weighted by atomic mass is 10.4. The summed E-state index contributed by atoms with van der Waals surface area (Å²) in [5, 5.41) is 4.93. The van der Waals surface area contributed by atoms with Crippen molar-refractivity contribution in [1.82, 2.24) is 10.6 Å². The summed E-state index contributed by atoms with van der Waals surface area (Å²) in [4.78, 5) is 20.6. The van der Waals surface area contributed by atoms with Gasteiger partial charge in [0, 0.05) is 26.3 Å². The van der Waals surface area contributed by atoms with E-state index in [1.54, 1.807) is 0 Å². The molecule has 18 heavy (non-hydrogen) atoms. The second kappa shape index (κ2) is 11.9. The van der Waals surface area contributed by atoms with Gasteiger partial charge in [-0.2, -0.15) is 0 Å². The lowest BCUT2D eigenvalue weighted by molar-refractivity contribution is 0.0465. The molecule has 0 radical (unpaired) electrons. The molecule has 6 N–H and O–H groups in total. The van der Waals surface area contributed by atoms with Crippen LogP contribution in [0.15, 0.2) is 0 Å². The number of ether oxygens (including phenoxy) is 2. The van der Waals surface area contributed by atoms with Crippen molar-refractivity contribution >= 4 is 12.1 Å². The van der Waals surface area contributed by atoms with Crippen LogP contribution in [0.1, 0.15) is 12.8 Å². The number of hydrogen-bond donors (Lipinski definition) is 4. The van der Waals surface area contributed by atoms with Crippen LogP contribution in [-0.2, 0) is 9.47 Å². The monoisotopic (exact) mass is 262 g/mol. The van der Waals surface area contributed by atoms with Crippen LogP contribution in [0.2, 0.25) is 0 Å². The van der Waals surface area contributed by atoms with E-state index in [1.807, 2.05) is 0 Å². The molecule has 0 aromatic carbocycles. The van der Waals surface area contributed by atoms with Gasteiger partial charge >= 0.3 is 12.1 Å². The largest absolute Gasteiger partial charge is 0.379 e. The second-order valence-corrected chi connectivity index (χ2v) is 3.51. The van der Waals surface area contributed by atoms with Crippen LogP contribution >= 0.6 is 0 Å². The van der Waals surface area contributed by atoms with Gasteiger partial charge in [0.05, 0.1) is 13.2 Å².